The summed E-state index contributed by atoms with van der Waals surface area (Å²) in [6.45, 7) is 4.43. The Morgan fingerprint density at radius 2 is 2.05 bits per heavy atom. The standard InChI is InChI=1S/C12H13BrClN3O2S/c1-8(2)7-17-11(9-4-3-5-10(13)6-9)15-16-12(17)20(14,18)19/h3-6,8H,7H2,1-2H3. The van der Waals surface area contributed by atoms with Gasteiger partial charge in [-0.3, -0.25) is 4.57 Å². The maximum atomic E-state index is 11.6. The van der Waals surface area contributed by atoms with E-state index in [2.05, 4.69) is 26.1 Å². The average molecular weight is 379 g/mol. The number of nitrogens with zero attached hydrogens (tertiary/aromatic N) is 3. The fourth-order valence-corrected chi connectivity index (χ4v) is 3.14. The first-order valence-corrected chi connectivity index (χ1v) is 9.03. The Morgan fingerprint density at radius 3 is 2.60 bits per heavy atom. The van der Waals surface area contributed by atoms with E-state index in [9.17, 15) is 8.42 Å². The van der Waals surface area contributed by atoms with Crippen LogP contribution in [0, 0.1) is 5.92 Å². The minimum absolute atomic E-state index is 0.220. The summed E-state index contributed by atoms with van der Waals surface area (Å²) in [7, 11) is 1.49. The molecule has 1 aromatic carbocycles. The Bertz CT molecular complexity index is 728. The summed E-state index contributed by atoms with van der Waals surface area (Å²) in [5.74, 6) is 0.716. The summed E-state index contributed by atoms with van der Waals surface area (Å²) in [6.07, 6.45) is 0. The van der Waals surface area contributed by atoms with Gasteiger partial charge in [0.15, 0.2) is 5.82 Å². The lowest BCUT2D eigenvalue weighted by Crippen LogP contribution is -2.11. The summed E-state index contributed by atoms with van der Waals surface area (Å²) in [6, 6.07) is 7.43. The van der Waals surface area contributed by atoms with E-state index < -0.39 is 9.05 Å². The lowest BCUT2D eigenvalue weighted by Gasteiger charge is -2.11. The molecule has 0 aliphatic heterocycles. The molecule has 0 atom stereocenters. The van der Waals surface area contributed by atoms with E-state index in [0.29, 0.717) is 12.4 Å². The maximum Gasteiger partial charge on any atom is 0.296 e. The van der Waals surface area contributed by atoms with Gasteiger partial charge in [-0.1, -0.05) is 41.9 Å². The van der Waals surface area contributed by atoms with Crippen LogP contribution in [-0.2, 0) is 15.6 Å². The minimum Gasteiger partial charge on any atom is -0.297 e. The van der Waals surface area contributed by atoms with Crippen LogP contribution in [0.4, 0.5) is 0 Å². The lowest BCUT2D eigenvalue weighted by molar-refractivity contribution is 0.488. The Balaban J connectivity index is 2.62. The van der Waals surface area contributed by atoms with E-state index in [0.717, 1.165) is 10.0 Å². The van der Waals surface area contributed by atoms with Crippen LogP contribution in [-0.4, -0.2) is 23.2 Å². The van der Waals surface area contributed by atoms with E-state index in [4.69, 9.17) is 10.7 Å². The second-order valence-corrected chi connectivity index (χ2v) is 8.13. The second-order valence-electron chi connectivity index (χ2n) is 4.76. The molecule has 0 amide bonds. The van der Waals surface area contributed by atoms with Crippen LogP contribution in [0.3, 0.4) is 0 Å². The molecule has 8 heteroatoms. The van der Waals surface area contributed by atoms with E-state index in [-0.39, 0.29) is 11.1 Å². The average Bonchev–Trinajstić information content (AvgIpc) is 2.71. The summed E-state index contributed by atoms with van der Waals surface area (Å²) >= 11 is 3.38. The zero-order valence-electron chi connectivity index (χ0n) is 10.9. The zero-order valence-corrected chi connectivity index (χ0v) is 14.1. The number of rotatable bonds is 4. The molecule has 5 nitrogen and oxygen atoms in total. The quantitative estimate of drug-likeness (QED) is 0.766. The van der Waals surface area contributed by atoms with Gasteiger partial charge in [0.1, 0.15) is 0 Å². The first kappa shape index (κ1) is 15.5. The number of hydrogen-bond donors (Lipinski definition) is 0. The molecule has 2 rings (SSSR count). The highest BCUT2D eigenvalue weighted by Crippen LogP contribution is 2.25. The van der Waals surface area contributed by atoms with Gasteiger partial charge >= 0.3 is 0 Å². The number of hydrogen-bond acceptors (Lipinski definition) is 4. The van der Waals surface area contributed by atoms with Crippen LogP contribution in [0.1, 0.15) is 13.8 Å². The monoisotopic (exact) mass is 377 g/mol. The Hall–Kier alpha value is -0.920. The molecule has 1 aromatic heterocycles. The van der Waals surface area contributed by atoms with Gasteiger partial charge in [-0.25, -0.2) is 8.42 Å². The van der Waals surface area contributed by atoms with Crippen molar-refractivity contribution in [1.29, 1.82) is 0 Å². The molecule has 0 spiro atoms. The van der Waals surface area contributed by atoms with Crippen molar-refractivity contribution in [2.24, 2.45) is 5.92 Å². The van der Waals surface area contributed by atoms with Gasteiger partial charge in [0.2, 0.25) is 0 Å². The highest BCUT2D eigenvalue weighted by atomic mass is 79.9. The van der Waals surface area contributed by atoms with Crippen molar-refractivity contribution in [3.05, 3.63) is 28.7 Å². The van der Waals surface area contributed by atoms with Crippen molar-refractivity contribution in [3.63, 3.8) is 0 Å². The molecular weight excluding hydrogens is 366 g/mol. The highest BCUT2D eigenvalue weighted by Gasteiger charge is 2.23. The van der Waals surface area contributed by atoms with Crippen LogP contribution >= 0.6 is 26.6 Å². The molecule has 0 saturated carbocycles. The van der Waals surface area contributed by atoms with Crippen LogP contribution in [0.2, 0.25) is 0 Å². The van der Waals surface area contributed by atoms with Gasteiger partial charge in [0.25, 0.3) is 14.2 Å². The predicted octanol–water partition coefficient (Wildman–Crippen LogP) is 3.29. The smallest absolute Gasteiger partial charge is 0.296 e. The number of halogens is 2. The first-order chi connectivity index (χ1) is 9.29. The van der Waals surface area contributed by atoms with Crippen molar-refractivity contribution in [3.8, 4) is 11.4 Å². The van der Waals surface area contributed by atoms with Crippen LogP contribution < -0.4 is 0 Å². The molecule has 0 aliphatic carbocycles. The van der Waals surface area contributed by atoms with Gasteiger partial charge < -0.3 is 0 Å². The third kappa shape index (κ3) is 3.39. The van der Waals surface area contributed by atoms with Gasteiger partial charge in [-0.2, -0.15) is 0 Å². The molecule has 1 heterocycles. The van der Waals surface area contributed by atoms with E-state index in [1.165, 1.54) is 4.57 Å². The Labute approximate surface area is 130 Å². The molecular formula is C12H13BrClN3O2S. The fourth-order valence-electron chi connectivity index (χ4n) is 1.84. The predicted molar refractivity (Wildman–Crippen MR) is 81.0 cm³/mol. The lowest BCUT2D eigenvalue weighted by atomic mass is 10.2. The third-order valence-corrected chi connectivity index (χ3v) is 4.21. The number of aromatic nitrogens is 3. The summed E-state index contributed by atoms with van der Waals surface area (Å²) in [5, 5.41) is 7.48. The van der Waals surface area contributed by atoms with Crippen LogP contribution in [0.25, 0.3) is 11.4 Å². The molecule has 0 bridgehead atoms. The molecule has 2 aromatic rings. The van der Waals surface area contributed by atoms with Gasteiger partial charge in [-0.05, 0) is 18.1 Å². The van der Waals surface area contributed by atoms with E-state index in [1.54, 1.807) is 0 Å². The maximum absolute atomic E-state index is 11.6. The summed E-state index contributed by atoms with van der Waals surface area (Å²) in [5.41, 5.74) is 0.777. The Kier molecular flexibility index (Phi) is 4.51. The molecule has 0 aliphatic rings. The molecule has 0 fully saturated rings. The van der Waals surface area contributed by atoms with E-state index >= 15 is 0 Å². The van der Waals surface area contributed by atoms with Crippen LogP contribution in [0.5, 0.6) is 0 Å². The summed E-state index contributed by atoms with van der Waals surface area (Å²) in [4.78, 5) is 0. The van der Waals surface area contributed by atoms with Crippen molar-refractivity contribution in [1.82, 2.24) is 14.8 Å². The van der Waals surface area contributed by atoms with Gasteiger partial charge in [-0.15, -0.1) is 10.2 Å². The molecule has 0 N–H and O–H groups in total. The highest BCUT2D eigenvalue weighted by molar-refractivity contribution is 9.10. The van der Waals surface area contributed by atoms with E-state index in [1.807, 2.05) is 38.1 Å². The van der Waals surface area contributed by atoms with Gasteiger partial charge in [0.05, 0.1) is 0 Å². The van der Waals surface area contributed by atoms with Crippen molar-refractivity contribution in [2.75, 3.05) is 0 Å². The number of benzene rings is 1. The topological polar surface area (TPSA) is 64.8 Å². The zero-order chi connectivity index (χ0) is 14.9. The van der Waals surface area contributed by atoms with Crippen molar-refractivity contribution in [2.45, 2.75) is 25.5 Å². The molecule has 0 saturated heterocycles. The third-order valence-electron chi connectivity index (χ3n) is 2.57. The largest absolute Gasteiger partial charge is 0.297 e. The second kappa shape index (κ2) is 5.83. The van der Waals surface area contributed by atoms with Crippen molar-refractivity contribution >= 4 is 35.7 Å². The van der Waals surface area contributed by atoms with Crippen LogP contribution in [0.15, 0.2) is 33.9 Å². The molecule has 20 heavy (non-hydrogen) atoms. The molecule has 0 radical (unpaired) electrons. The fraction of sp³-hybridized carbons (Fsp3) is 0.333. The van der Waals surface area contributed by atoms with Gasteiger partial charge in [0, 0.05) is 27.3 Å². The Morgan fingerprint density at radius 1 is 1.35 bits per heavy atom. The SMILES string of the molecule is CC(C)Cn1c(-c2cccc(Br)c2)nnc1S(=O)(=O)Cl. The molecule has 108 valence electrons. The normalized spacial score (nSPS) is 12.1. The van der Waals surface area contributed by atoms with Crippen molar-refractivity contribution < 1.29 is 8.42 Å². The first-order valence-electron chi connectivity index (χ1n) is 5.93. The minimum atomic E-state index is -3.93. The molecule has 0 unspecified atom stereocenters. The summed E-state index contributed by atoms with van der Waals surface area (Å²) < 4.78 is 25.6.